The van der Waals surface area contributed by atoms with Gasteiger partial charge in [-0.2, -0.15) is 0 Å². The number of carbonyl (C=O) groups is 1. The van der Waals surface area contributed by atoms with E-state index >= 15 is 0 Å². The summed E-state index contributed by atoms with van der Waals surface area (Å²) in [7, 11) is 0. The third kappa shape index (κ3) is 2.32. The minimum absolute atomic E-state index is 0.0128. The van der Waals surface area contributed by atoms with Crippen LogP contribution in [0.3, 0.4) is 0 Å². The summed E-state index contributed by atoms with van der Waals surface area (Å²) in [5.74, 6) is 0.372. The fourth-order valence-corrected chi connectivity index (χ4v) is 2.51. The smallest absolute Gasteiger partial charge is 0.269 e. The largest absolute Gasteiger partial charge is 0.294 e. The molecule has 3 rings (SSSR count). The summed E-state index contributed by atoms with van der Waals surface area (Å²) in [6.45, 7) is 0. The van der Waals surface area contributed by atoms with Crippen LogP contribution in [0.25, 0.3) is 0 Å². The molecule has 100 valence electrons. The van der Waals surface area contributed by atoms with Gasteiger partial charge in [-0.1, -0.05) is 42.5 Å². The number of non-ortho nitro benzene ring substituents is 1. The summed E-state index contributed by atoms with van der Waals surface area (Å²) in [4.78, 5) is 22.5. The van der Waals surface area contributed by atoms with Crippen molar-refractivity contribution in [2.45, 2.75) is 12.3 Å². The summed E-state index contributed by atoms with van der Waals surface area (Å²) >= 11 is 0. The van der Waals surface area contributed by atoms with Crippen molar-refractivity contribution in [1.82, 2.24) is 0 Å². The maximum absolute atomic E-state index is 12.3. The lowest BCUT2D eigenvalue weighted by Crippen LogP contribution is -2.02. The molecule has 0 N–H and O–H groups in total. The van der Waals surface area contributed by atoms with Gasteiger partial charge in [0.25, 0.3) is 5.69 Å². The van der Waals surface area contributed by atoms with E-state index in [-0.39, 0.29) is 23.3 Å². The second-order valence-electron chi connectivity index (χ2n) is 5.03. The molecular formula is C16H13NO3. The number of ketones is 1. The number of carbonyl (C=O) groups excluding carboxylic acids is 1. The van der Waals surface area contributed by atoms with Crippen molar-refractivity contribution in [1.29, 1.82) is 0 Å². The summed E-state index contributed by atoms with van der Waals surface area (Å²) < 4.78 is 0. The zero-order valence-electron chi connectivity index (χ0n) is 10.7. The monoisotopic (exact) mass is 267 g/mol. The maximum atomic E-state index is 12.3. The molecule has 0 radical (unpaired) electrons. The van der Waals surface area contributed by atoms with E-state index in [1.54, 1.807) is 12.1 Å². The molecule has 1 saturated carbocycles. The fourth-order valence-electron chi connectivity index (χ4n) is 2.51. The first-order chi connectivity index (χ1) is 9.66. The van der Waals surface area contributed by atoms with Crippen molar-refractivity contribution in [2.75, 3.05) is 0 Å². The van der Waals surface area contributed by atoms with Crippen molar-refractivity contribution in [3.63, 3.8) is 0 Å². The van der Waals surface area contributed by atoms with E-state index in [2.05, 4.69) is 0 Å². The predicted octanol–water partition coefficient (Wildman–Crippen LogP) is 3.58. The van der Waals surface area contributed by atoms with E-state index in [4.69, 9.17) is 0 Å². The Kier molecular flexibility index (Phi) is 3.06. The Morgan fingerprint density at radius 1 is 1.05 bits per heavy atom. The van der Waals surface area contributed by atoms with Crippen LogP contribution in [0.4, 0.5) is 5.69 Å². The van der Waals surface area contributed by atoms with Gasteiger partial charge >= 0.3 is 0 Å². The van der Waals surface area contributed by atoms with Crippen LogP contribution in [-0.4, -0.2) is 10.7 Å². The van der Waals surface area contributed by atoms with Gasteiger partial charge in [0.05, 0.1) is 4.92 Å². The Hall–Kier alpha value is -2.49. The predicted molar refractivity (Wildman–Crippen MR) is 74.7 cm³/mol. The quantitative estimate of drug-likeness (QED) is 0.483. The molecule has 0 bridgehead atoms. The summed E-state index contributed by atoms with van der Waals surface area (Å²) in [5, 5.41) is 10.6. The first-order valence-electron chi connectivity index (χ1n) is 6.50. The lowest BCUT2D eigenvalue weighted by Gasteiger charge is -2.01. The van der Waals surface area contributed by atoms with Crippen LogP contribution in [0.15, 0.2) is 54.6 Å². The van der Waals surface area contributed by atoms with Crippen LogP contribution in [0.5, 0.6) is 0 Å². The molecular weight excluding hydrogens is 254 g/mol. The first-order valence-corrected chi connectivity index (χ1v) is 6.50. The average molecular weight is 267 g/mol. The van der Waals surface area contributed by atoms with Crippen molar-refractivity contribution in [3.8, 4) is 0 Å². The Bertz CT molecular complexity index is 649. The SMILES string of the molecule is O=C(c1ccccc1)C1CC1c1ccc([N+](=O)[O-])cc1. The zero-order chi connectivity index (χ0) is 14.1. The maximum Gasteiger partial charge on any atom is 0.269 e. The minimum Gasteiger partial charge on any atom is -0.294 e. The number of Topliss-reactive ketones (excluding diaryl/α,β-unsaturated/α-hetero) is 1. The standard InChI is InChI=1S/C16H13NO3/c18-16(12-4-2-1-3-5-12)15-10-14(15)11-6-8-13(9-7-11)17(19)20/h1-9,14-15H,10H2. The third-order valence-corrected chi connectivity index (χ3v) is 3.72. The van der Waals surface area contributed by atoms with Crippen LogP contribution in [0.2, 0.25) is 0 Å². The Balaban J connectivity index is 1.73. The Labute approximate surface area is 116 Å². The van der Waals surface area contributed by atoms with Crippen molar-refractivity contribution in [2.24, 2.45) is 5.92 Å². The highest BCUT2D eigenvalue weighted by Crippen LogP contribution is 2.49. The summed E-state index contributed by atoms with van der Waals surface area (Å²) in [6.07, 6.45) is 0.825. The molecule has 0 saturated heterocycles. The Morgan fingerprint density at radius 3 is 2.30 bits per heavy atom. The molecule has 4 heteroatoms. The molecule has 20 heavy (non-hydrogen) atoms. The molecule has 2 unspecified atom stereocenters. The van der Waals surface area contributed by atoms with E-state index in [9.17, 15) is 14.9 Å². The molecule has 2 aromatic carbocycles. The van der Waals surface area contributed by atoms with Crippen molar-refractivity contribution >= 4 is 11.5 Å². The molecule has 1 aliphatic carbocycles. The van der Waals surface area contributed by atoms with Gasteiger partial charge in [0, 0.05) is 23.6 Å². The highest BCUT2D eigenvalue weighted by molar-refractivity contribution is 6.00. The Morgan fingerprint density at radius 2 is 1.70 bits per heavy atom. The third-order valence-electron chi connectivity index (χ3n) is 3.72. The lowest BCUT2D eigenvalue weighted by atomic mass is 10.0. The molecule has 0 aliphatic heterocycles. The van der Waals surface area contributed by atoms with Crippen LogP contribution in [-0.2, 0) is 0 Å². The average Bonchev–Trinajstić information content (AvgIpc) is 3.28. The normalized spacial score (nSPS) is 20.4. The van der Waals surface area contributed by atoms with Gasteiger partial charge in [-0.25, -0.2) is 0 Å². The second-order valence-corrected chi connectivity index (χ2v) is 5.03. The van der Waals surface area contributed by atoms with E-state index in [0.29, 0.717) is 0 Å². The molecule has 0 spiro atoms. The number of nitrogens with zero attached hydrogens (tertiary/aromatic N) is 1. The van der Waals surface area contributed by atoms with Gasteiger partial charge < -0.3 is 0 Å². The molecule has 4 nitrogen and oxygen atoms in total. The van der Waals surface area contributed by atoms with Gasteiger partial charge in [0.15, 0.2) is 5.78 Å². The van der Waals surface area contributed by atoms with E-state index < -0.39 is 4.92 Å². The highest BCUT2D eigenvalue weighted by Gasteiger charge is 2.43. The summed E-state index contributed by atoms with van der Waals surface area (Å²) in [5.41, 5.74) is 1.83. The zero-order valence-corrected chi connectivity index (χ0v) is 10.7. The van der Waals surface area contributed by atoms with E-state index in [1.807, 2.05) is 30.3 Å². The van der Waals surface area contributed by atoms with E-state index in [0.717, 1.165) is 17.5 Å². The first kappa shape index (κ1) is 12.5. The van der Waals surface area contributed by atoms with Crippen LogP contribution < -0.4 is 0 Å². The van der Waals surface area contributed by atoms with Gasteiger partial charge in [-0.05, 0) is 17.9 Å². The van der Waals surface area contributed by atoms with Gasteiger partial charge in [-0.15, -0.1) is 0 Å². The molecule has 2 atom stereocenters. The number of hydrogen-bond acceptors (Lipinski definition) is 3. The summed E-state index contributed by atoms with van der Waals surface area (Å²) in [6, 6.07) is 15.8. The number of nitro groups is 1. The topological polar surface area (TPSA) is 60.2 Å². The fraction of sp³-hybridized carbons (Fsp3) is 0.188. The second kappa shape index (κ2) is 4.89. The molecule has 0 aromatic heterocycles. The minimum atomic E-state index is -0.413. The van der Waals surface area contributed by atoms with Gasteiger partial charge in [-0.3, -0.25) is 14.9 Å². The molecule has 0 amide bonds. The molecule has 1 aliphatic rings. The van der Waals surface area contributed by atoms with Crippen molar-refractivity contribution < 1.29 is 9.72 Å². The van der Waals surface area contributed by atoms with Crippen LogP contribution in [0.1, 0.15) is 28.3 Å². The lowest BCUT2D eigenvalue weighted by molar-refractivity contribution is -0.384. The number of rotatable bonds is 4. The van der Waals surface area contributed by atoms with Gasteiger partial charge in [0.2, 0.25) is 0 Å². The molecule has 2 aromatic rings. The van der Waals surface area contributed by atoms with E-state index in [1.165, 1.54) is 12.1 Å². The van der Waals surface area contributed by atoms with Crippen molar-refractivity contribution in [3.05, 3.63) is 75.8 Å². The molecule has 1 fully saturated rings. The number of nitro benzene ring substituents is 1. The number of hydrogen-bond donors (Lipinski definition) is 0. The van der Waals surface area contributed by atoms with Crippen LogP contribution in [0, 0.1) is 16.0 Å². The van der Waals surface area contributed by atoms with Crippen LogP contribution >= 0.6 is 0 Å². The number of benzene rings is 2. The highest BCUT2D eigenvalue weighted by atomic mass is 16.6. The van der Waals surface area contributed by atoms with Gasteiger partial charge in [0.1, 0.15) is 0 Å². The molecule has 0 heterocycles.